The zero-order valence-electron chi connectivity index (χ0n) is 11.7. The number of amides is 1. The summed E-state index contributed by atoms with van der Waals surface area (Å²) in [6.07, 6.45) is 0.349. The number of hydrogen-bond donors (Lipinski definition) is 2. The molecule has 0 aromatic heterocycles. The molecule has 112 valence electrons. The van der Waals surface area contributed by atoms with E-state index in [-0.39, 0.29) is 11.6 Å². The van der Waals surface area contributed by atoms with E-state index in [4.69, 9.17) is 5.11 Å². The first-order valence-electron chi connectivity index (χ1n) is 6.59. The summed E-state index contributed by atoms with van der Waals surface area (Å²) in [4.78, 5) is 33.1. The Morgan fingerprint density at radius 3 is 2.62 bits per heavy atom. The van der Waals surface area contributed by atoms with Crippen LogP contribution in [0.1, 0.15) is 30.5 Å². The molecule has 1 amide bonds. The Kier molecular flexibility index (Phi) is 3.93. The molecule has 7 nitrogen and oxygen atoms in total. The molecule has 0 bridgehead atoms. The molecule has 2 N–H and O–H groups in total. The highest BCUT2D eigenvalue weighted by Gasteiger charge is 2.48. The summed E-state index contributed by atoms with van der Waals surface area (Å²) in [6.45, 7) is 3.36. The number of nitro benzene ring substituents is 1. The fourth-order valence-corrected chi connectivity index (χ4v) is 2.25. The molecule has 7 heteroatoms. The third-order valence-corrected chi connectivity index (χ3v) is 3.73. The molecule has 2 rings (SSSR count). The Hall–Kier alpha value is -2.44. The summed E-state index contributed by atoms with van der Waals surface area (Å²) in [5.74, 6) is -2.39. The van der Waals surface area contributed by atoms with Crippen molar-refractivity contribution in [3.05, 3.63) is 39.4 Å². The number of carboxylic acid groups (broad SMARTS) is 1. The summed E-state index contributed by atoms with van der Waals surface area (Å²) in [7, 11) is 0. The zero-order valence-corrected chi connectivity index (χ0v) is 11.7. The summed E-state index contributed by atoms with van der Waals surface area (Å²) >= 11 is 0. The Morgan fingerprint density at radius 2 is 2.10 bits per heavy atom. The van der Waals surface area contributed by atoms with Crippen molar-refractivity contribution in [1.29, 1.82) is 0 Å². The number of rotatable bonds is 5. The van der Waals surface area contributed by atoms with Crippen LogP contribution < -0.4 is 5.32 Å². The van der Waals surface area contributed by atoms with E-state index in [1.165, 1.54) is 6.07 Å². The van der Waals surface area contributed by atoms with Gasteiger partial charge in [-0.1, -0.05) is 12.1 Å². The minimum Gasteiger partial charge on any atom is -0.481 e. The minimum absolute atomic E-state index is 0.00318. The second-order valence-electron chi connectivity index (χ2n) is 5.32. The lowest BCUT2D eigenvalue weighted by atomic mass is 10.0. The van der Waals surface area contributed by atoms with Crippen molar-refractivity contribution in [1.82, 2.24) is 5.32 Å². The third kappa shape index (κ3) is 3.18. The molecular formula is C14H16N2O5. The number of aryl methyl sites for hydroxylation is 1. The Labute approximate surface area is 121 Å². The predicted octanol–water partition coefficient (Wildman–Crippen LogP) is 1.80. The van der Waals surface area contributed by atoms with Crippen LogP contribution in [0.15, 0.2) is 18.2 Å². The highest BCUT2D eigenvalue weighted by atomic mass is 16.6. The maximum atomic E-state index is 11.9. The number of carbonyl (C=O) groups is 2. The first-order valence-corrected chi connectivity index (χ1v) is 6.59. The lowest BCUT2D eigenvalue weighted by Gasteiger charge is -2.14. The standard InChI is InChI=1S/C14H16N2O5/c1-7-3-4-9(5-12(7)16(20)21)8(2)15-13(17)10-6-11(10)14(18)19/h3-5,8,10-11H,6H2,1-2H3,(H,15,17)(H,18,19). The van der Waals surface area contributed by atoms with E-state index in [1.54, 1.807) is 26.0 Å². The van der Waals surface area contributed by atoms with E-state index >= 15 is 0 Å². The van der Waals surface area contributed by atoms with Gasteiger partial charge in [0, 0.05) is 11.6 Å². The van der Waals surface area contributed by atoms with E-state index in [1.807, 2.05) is 0 Å². The summed E-state index contributed by atoms with van der Waals surface area (Å²) in [6, 6.07) is 4.37. The largest absolute Gasteiger partial charge is 0.481 e. The zero-order chi connectivity index (χ0) is 15.7. The third-order valence-electron chi connectivity index (χ3n) is 3.73. The quantitative estimate of drug-likeness (QED) is 0.635. The van der Waals surface area contributed by atoms with Crippen molar-refractivity contribution < 1.29 is 19.6 Å². The van der Waals surface area contributed by atoms with Gasteiger partial charge in [-0.05, 0) is 25.8 Å². The number of nitro groups is 1. The molecule has 0 aliphatic heterocycles. The van der Waals surface area contributed by atoms with Gasteiger partial charge in [0.15, 0.2) is 0 Å². The van der Waals surface area contributed by atoms with Crippen LogP contribution >= 0.6 is 0 Å². The van der Waals surface area contributed by atoms with Gasteiger partial charge in [0.1, 0.15) is 0 Å². The minimum atomic E-state index is -0.964. The smallest absolute Gasteiger partial charge is 0.307 e. The van der Waals surface area contributed by atoms with Gasteiger partial charge in [-0.3, -0.25) is 19.7 Å². The lowest BCUT2D eigenvalue weighted by Crippen LogP contribution is -2.29. The van der Waals surface area contributed by atoms with E-state index in [0.29, 0.717) is 17.5 Å². The van der Waals surface area contributed by atoms with Crippen LogP contribution in [0, 0.1) is 28.9 Å². The van der Waals surface area contributed by atoms with Gasteiger partial charge in [-0.2, -0.15) is 0 Å². The number of hydrogen-bond acceptors (Lipinski definition) is 4. The molecule has 1 aliphatic rings. The van der Waals surface area contributed by atoms with Gasteiger partial charge in [0.2, 0.25) is 5.91 Å². The Morgan fingerprint density at radius 1 is 1.43 bits per heavy atom. The van der Waals surface area contributed by atoms with Gasteiger partial charge in [-0.15, -0.1) is 0 Å². The van der Waals surface area contributed by atoms with Crippen molar-refractivity contribution in [2.24, 2.45) is 11.8 Å². The fourth-order valence-electron chi connectivity index (χ4n) is 2.25. The van der Waals surface area contributed by atoms with Crippen LogP contribution in [0.4, 0.5) is 5.69 Å². The molecule has 0 heterocycles. The van der Waals surface area contributed by atoms with E-state index in [2.05, 4.69) is 5.32 Å². The van der Waals surface area contributed by atoms with Crippen LogP contribution in [0.2, 0.25) is 0 Å². The fraction of sp³-hybridized carbons (Fsp3) is 0.429. The lowest BCUT2D eigenvalue weighted by molar-refractivity contribution is -0.385. The number of nitrogens with one attached hydrogen (secondary N) is 1. The van der Waals surface area contributed by atoms with Gasteiger partial charge in [0.05, 0.1) is 22.8 Å². The molecule has 0 saturated heterocycles. The number of nitrogens with zero attached hydrogens (tertiary/aromatic N) is 1. The van der Waals surface area contributed by atoms with Gasteiger partial charge < -0.3 is 10.4 Å². The molecule has 3 unspecified atom stereocenters. The predicted molar refractivity (Wildman–Crippen MR) is 73.6 cm³/mol. The summed E-state index contributed by atoms with van der Waals surface area (Å²) < 4.78 is 0. The van der Waals surface area contributed by atoms with Crippen LogP contribution in [0.3, 0.4) is 0 Å². The maximum Gasteiger partial charge on any atom is 0.307 e. The van der Waals surface area contributed by atoms with Crippen LogP contribution in [-0.2, 0) is 9.59 Å². The molecule has 1 aliphatic carbocycles. The van der Waals surface area contributed by atoms with Crippen molar-refractivity contribution in [2.75, 3.05) is 0 Å². The first-order chi connectivity index (χ1) is 9.81. The highest BCUT2D eigenvalue weighted by Crippen LogP contribution is 2.39. The maximum absolute atomic E-state index is 11.9. The number of carboxylic acids is 1. The van der Waals surface area contributed by atoms with Crippen LogP contribution in [0.25, 0.3) is 0 Å². The van der Waals surface area contributed by atoms with Gasteiger partial charge in [-0.25, -0.2) is 0 Å². The molecular weight excluding hydrogens is 276 g/mol. The number of benzene rings is 1. The molecule has 1 aromatic carbocycles. The van der Waals surface area contributed by atoms with Gasteiger partial charge >= 0.3 is 5.97 Å². The average molecular weight is 292 g/mol. The van der Waals surface area contributed by atoms with Crippen LogP contribution in [0.5, 0.6) is 0 Å². The van der Waals surface area contributed by atoms with Crippen LogP contribution in [-0.4, -0.2) is 21.9 Å². The van der Waals surface area contributed by atoms with Crippen molar-refractivity contribution in [3.63, 3.8) is 0 Å². The van der Waals surface area contributed by atoms with E-state index in [0.717, 1.165) is 0 Å². The summed E-state index contributed by atoms with van der Waals surface area (Å²) in [5, 5.41) is 22.4. The monoisotopic (exact) mass is 292 g/mol. The second-order valence-corrected chi connectivity index (χ2v) is 5.32. The van der Waals surface area contributed by atoms with Crippen molar-refractivity contribution in [3.8, 4) is 0 Å². The summed E-state index contributed by atoms with van der Waals surface area (Å²) in [5.41, 5.74) is 1.17. The van der Waals surface area contributed by atoms with Gasteiger partial charge in [0.25, 0.3) is 5.69 Å². The molecule has 1 fully saturated rings. The molecule has 3 atom stereocenters. The first kappa shape index (κ1) is 15.0. The molecule has 21 heavy (non-hydrogen) atoms. The SMILES string of the molecule is Cc1ccc(C(C)NC(=O)C2CC2C(=O)O)cc1[N+](=O)[O-]. The Bertz CT molecular complexity index is 613. The highest BCUT2D eigenvalue weighted by molar-refractivity contribution is 5.89. The van der Waals surface area contributed by atoms with E-state index < -0.39 is 28.8 Å². The topological polar surface area (TPSA) is 110 Å². The number of carbonyl (C=O) groups excluding carboxylic acids is 1. The molecule has 0 spiro atoms. The normalized spacial score (nSPS) is 21.4. The second kappa shape index (κ2) is 5.51. The van der Waals surface area contributed by atoms with E-state index in [9.17, 15) is 19.7 Å². The molecule has 1 aromatic rings. The average Bonchev–Trinajstić information content (AvgIpc) is 3.19. The van der Waals surface area contributed by atoms with Crippen molar-refractivity contribution >= 4 is 17.6 Å². The molecule has 0 radical (unpaired) electrons. The molecule has 1 saturated carbocycles. The number of aliphatic carboxylic acids is 1. The van der Waals surface area contributed by atoms with Crippen molar-refractivity contribution in [2.45, 2.75) is 26.3 Å². The Balaban J connectivity index is 2.05.